The van der Waals surface area contributed by atoms with E-state index in [1.54, 1.807) is 13.8 Å². The number of para-hydroxylation sites is 1. The molecule has 2 aromatic carbocycles. The number of fused-ring (bicyclic) bond motifs is 2. The Kier molecular flexibility index (Phi) is 5.61. The molecule has 7 nitrogen and oxygen atoms in total. The average molecular weight is 412 g/mol. The molecule has 3 rings (SSSR count). The number of aliphatic hydroxyl groups is 2. The number of rotatable bonds is 6. The molecule has 1 aromatic heterocycles. The normalized spacial score (nSPS) is 13.5. The van der Waals surface area contributed by atoms with Crippen LogP contribution in [0.1, 0.15) is 25.0 Å². The van der Waals surface area contributed by atoms with Gasteiger partial charge in [0.2, 0.25) is 5.43 Å². The van der Waals surface area contributed by atoms with Crippen molar-refractivity contribution < 1.29 is 29.9 Å². The minimum absolute atomic E-state index is 0.0429. The highest BCUT2D eigenvalue weighted by Gasteiger charge is 2.27. The Morgan fingerprint density at radius 1 is 0.933 bits per heavy atom. The fourth-order valence-corrected chi connectivity index (χ4v) is 3.30. The van der Waals surface area contributed by atoms with Crippen LogP contribution in [0.15, 0.2) is 51.7 Å². The van der Waals surface area contributed by atoms with Gasteiger partial charge in [-0.15, -0.1) is 0 Å². The van der Waals surface area contributed by atoms with Crippen LogP contribution < -0.4 is 5.43 Å². The van der Waals surface area contributed by atoms with Gasteiger partial charge >= 0.3 is 0 Å². The number of aliphatic hydroxyl groups excluding tert-OH is 2. The van der Waals surface area contributed by atoms with Crippen molar-refractivity contribution in [1.29, 1.82) is 0 Å². The minimum atomic E-state index is -1.07. The molecule has 0 saturated heterocycles. The third-order valence-corrected chi connectivity index (χ3v) is 5.20. The summed E-state index contributed by atoms with van der Waals surface area (Å²) in [5, 5.41) is 52.2. The van der Waals surface area contributed by atoms with Gasteiger partial charge in [-0.25, -0.2) is 0 Å². The summed E-state index contributed by atoms with van der Waals surface area (Å²) < 4.78 is 5.75. The molecule has 0 aliphatic rings. The van der Waals surface area contributed by atoms with Crippen LogP contribution in [0.3, 0.4) is 0 Å². The molecule has 0 aliphatic carbocycles. The zero-order chi connectivity index (χ0) is 22.3. The molecule has 0 bridgehead atoms. The molecule has 2 atom stereocenters. The summed E-state index contributed by atoms with van der Waals surface area (Å²) in [6.45, 7) is 10.5. The second-order valence-electron chi connectivity index (χ2n) is 7.58. The first-order valence-electron chi connectivity index (χ1n) is 9.35. The topological polar surface area (TPSA) is 131 Å². The Morgan fingerprint density at radius 2 is 1.50 bits per heavy atom. The maximum atomic E-state index is 13.1. The summed E-state index contributed by atoms with van der Waals surface area (Å²) in [7, 11) is 0. The molecular formula is C23H24O7. The molecule has 1 heterocycles. The second kappa shape index (κ2) is 7.85. The van der Waals surface area contributed by atoms with E-state index in [0.29, 0.717) is 11.1 Å². The molecular weight excluding hydrogens is 388 g/mol. The minimum Gasteiger partial charge on any atom is -0.507 e. The van der Waals surface area contributed by atoms with Crippen LogP contribution in [-0.2, 0) is 12.8 Å². The Hall–Kier alpha value is -3.29. The lowest BCUT2D eigenvalue weighted by molar-refractivity contribution is 0.206. The first-order valence-corrected chi connectivity index (χ1v) is 9.35. The van der Waals surface area contributed by atoms with E-state index in [4.69, 9.17) is 4.42 Å². The summed E-state index contributed by atoms with van der Waals surface area (Å²) in [5.41, 5.74) is -0.0413. The predicted octanol–water partition coefficient (Wildman–Crippen LogP) is 3.02. The maximum Gasteiger partial charge on any atom is 0.204 e. The van der Waals surface area contributed by atoms with Crippen molar-refractivity contribution in [3.8, 4) is 17.2 Å². The van der Waals surface area contributed by atoms with E-state index in [-0.39, 0.29) is 51.7 Å². The predicted molar refractivity (Wildman–Crippen MR) is 114 cm³/mol. The van der Waals surface area contributed by atoms with Gasteiger partial charge in [-0.3, -0.25) is 4.79 Å². The fourth-order valence-electron chi connectivity index (χ4n) is 3.30. The van der Waals surface area contributed by atoms with E-state index in [1.165, 1.54) is 18.2 Å². The van der Waals surface area contributed by atoms with Gasteiger partial charge in [-0.1, -0.05) is 30.4 Å². The number of benzene rings is 2. The van der Waals surface area contributed by atoms with Gasteiger partial charge in [-0.2, -0.15) is 0 Å². The average Bonchev–Trinajstić information content (AvgIpc) is 2.68. The van der Waals surface area contributed by atoms with Crippen molar-refractivity contribution in [3.05, 3.63) is 63.9 Å². The van der Waals surface area contributed by atoms with Crippen LogP contribution in [-0.4, -0.2) is 37.7 Å². The van der Waals surface area contributed by atoms with E-state index in [0.717, 1.165) is 0 Å². The van der Waals surface area contributed by atoms with E-state index in [1.807, 2.05) is 0 Å². The van der Waals surface area contributed by atoms with Gasteiger partial charge in [0.05, 0.1) is 17.6 Å². The van der Waals surface area contributed by atoms with Crippen LogP contribution in [0.4, 0.5) is 0 Å². The van der Waals surface area contributed by atoms with Crippen LogP contribution in [0.25, 0.3) is 21.9 Å². The lowest BCUT2D eigenvalue weighted by atomic mass is 9.92. The Labute approximate surface area is 172 Å². The first-order chi connectivity index (χ1) is 14.0. The summed E-state index contributed by atoms with van der Waals surface area (Å²) >= 11 is 0. The summed E-state index contributed by atoms with van der Waals surface area (Å²) in [5.74, 6) is -1.23. The van der Waals surface area contributed by atoms with Crippen molar-refractivity contribution in [3.63, 3.8) is 0 Å². The molecule has 0 spiro atoms. The highest BCUT2D eigenvalue weighted by Crippen LogP contribution is 2.42. The number of hydrogen-bond acceptors (Lipinski definition) is 7. The smallest absolute Gasteiger partial charge is 0.204 e. The van der Waals surface area contributed by atoms with Gasteiger partial charge in [0, 0.05) is 24.0 Å². The number of phenols is 3. The molecule has 0 saturated carbocycles. The maximum absolute atomic E-state index is 13.1. The van der Waals surface area contributed by atoms with Crippen LogP contribution in [0.2, 0.25) is 0 Å². The van der Waals surface area contributed by atoms with E-state index >= 15 is 0 Å². The quantitative estimate of drug-likeness (QED) is 0.311. The summed E-state index contributed by atoms with van der Waals surface area (Å²) in [4.78, 5) is 13.1. The Morgan fingerprint density at radius 3 is 2.07 bits per heavy atom. The molecule has 158 valence electrons. The third-order valence-electron chi connectivity index (χ3n) is 5.20. The fraction of sp³-hybridized carbons (Fsp3) is 0.261. The molecule has 3 aromatic rings. The zero-order valence-electron chi connectivity index (χ0n) is 16.8. The summed E-state index contributed by atoms with van der Waals surface area (Å²) in [6, 6.07) is 4.25. The lowest BCUT2D eigenvalue weighted by Gasteiger charge is -2.19. The van der Waals surface area contributed by atoms with Gasteiger partial charge in [0.25, 0.3) is 0 Å². The monoisotopic (exact) mass is 412 g/mol. The van der Waals surface area contributed by atoms with Crippen molar-refractivity contribution >= 4 is 21.9 Å². The Balaban J connectivity index is 2.46. The zero-order valence-corrected chi connectivity index (χ0v) is 16.8. The van der Waals surface area contributed by atoms with Crippen LogP contribution >= 0.6 is 0 Å². The molecule has 0 radical (unpaired) electrons. The largest absolute Gasteiger partial charge is 0.507 e. The van der Waals surface area contributed by atoms with Crippen molar-refractivity contribution in [2.24, 2.45) is 0 Å². The molecule has 0 amide bonds. The van der Waals surface area contributed by atoms with Gasteiger partial charge in [0.15, 0.2) is 11.3 Å². The number of hydrogen-bond donors (Lipinski definition) is 5. The number of phenolic OH excluding ortho intramolecular Hbond substituents is 3. The Bertz CT molecular complexity index is 1240. The van der Waals surface area contributed by atoms with E-state index in [2.05, 4.69) is 13.2 Å². The van der Waals surface area contributed by atoms with Gasteiger partial charge in [0.1, 0.15) is 22.5 Å². The van der Waals surface area contributed by atoms with E-state index < -0.39 is 29.1 Å². The van der Waals surface area contributed by atoms with Crippen molar-refractivity contribution in [2.75, 3.05) is 0 Å². The first kappa shape index (κ1) is 21.4. The molecule has 2 unspecified atom stereocenters. The standard InChI is InChI=1S/C23H24O7/c1-10(2)16(25)8-13-19(27)14(9-17(26)11(3)4)23-18(21(13)29)20(28)12-6-5-7-15(24)22(12)30-23/h5-7,16-17,24-27,29H,1,3,8-9H2,2,4H3. The lowest BCUT2D eigenvalue weighted by Crippen LogP contribution is -2.16. The van der Waals surface area contributed by atoms with Gasteiger partial charge in [-0.05, 0) is 26.0 Å². The van der Waals surface area contributed by atoms with Crippen LogP contribution in [0.5, 0.6) is 17.2 Å². The molecule has 7 heteroatoms. The van der Waals surface area contributed by atoms with Gasteiger partial charge < -0.3 is 29.9 Å². The van der Waals surface area contributed by atoms with Crippen LogP contribution in [0, 0.1) is 0 Å². The highest BCUT2D eigenvalue weighted by atomic mass is 16.4. The third kappa shape index (κ3) is 3.53. The molecule has 5 N–H and O–H groups in total. The molecule has 30 heavy (non-hydrogen) atoms. The number of aromatic hydroxyl groups is 3. The molecule has 0 fully saturated rings. The van der Waals surface area contributed by atoms with E-state index in [9.17, 15) is 30.3 Å². The highest BCUT2D eigenvalue weighted by molar-refractivity contribution is 5.98. The molecule has 0 aliphatic heterocycles. The van der Waals surface area contributed by atoms with Crippen molar-refractivity contribution in [1.82, 2.24) is 0 Å². The van der Waals surface area contributed by atoms with Crippen molar-refractivity contribution in [2.45, 2.75) is 38.9 Å². The summed E-state index contributed by atoms with van der Waals surface area (Å²) in [6.07, 6.45) is -2.49. The second-order valence-corrected chi connectivity index (χ2v) is 7.58. The SMILES string of the molecule is C=C(C)C(O)Cc1c(O)c(CC(O)C(=C)C)c2oc3c(O)cccc3c(=O)c2c1O.